The number of nitrogens with one attached hydrogen (secondary N) is 2. The number of hydrogen-bond donors (Lipinski definition) is 2. The molecule has 1 aliphatic heterocycles. The van der Waals surface area contributed by atoms with Gasteiger partial charge in [0.1, 0.15) is 16.4 Å². The van der Waals surface area contributed by atoms with Gasteiger partial charge in [-0.3, -0.25) is 4.79 Å². The maximum Gasteiger partial charge on any atom is 0.272 e. The molecule has 0 saturated carbocycles. The van der Waals surface area contributed by atoms with Crippen LogP contribution in [0.5, 0.6) is 0 Å². The van der Waals surface area contributed by atoms with E-state index in [1.165, 1.54) is 30.8 Å². The van der Waals surface area contributed by atoms with Crippen LogP contribution < -0.4 is 10.0 Å². The fraction of sp³-hybridized carbons (Fsp3) is 0.353. The highest BCUT2D eigenvalue weighted by Gasteiger charge is 2.38. The summed E-state index contributed by atoms with van der Waals surface area (Å²) in [5, 5.41) is 2.33. The van der Waals surface area contributed by atoms with Crippen LogP contribution >= 0.6 is 0 Å². The molecule has 1 aromatic heterocycles. The number of ether oxygens (including phenoxy) is 1. The Kier molecular flexibility index (Phi) is 4.83. The summed E-state index contributed by atoms with van der Waals surface area (Å²) >= 11 is 0. The molecule has 0 radical (unpaired) electrons. The Morgan fingerprint density at radius 3 is 2.56 bits per heavy atom. The van der Waals surface area contributed by atoms with Crippen molar-refractivity contribution < 1.29 is 26.7 Å². The van der Waals surface area contributed by atoms with E-state index >= 15 is 0 Å². The van der Waals surface area contributed by atoms with E-state index in [0.29, 0.717) is 0 Å². The lowest BCUT2D eigenvalue weighted by molar-refractivity contribution is -0.0523. The van der Waals surface area contributed by atoms with Gasteiger partial charge in [-0.25, -0.2) is 21.9 Å². The number of hydrogen-bond acceptors (Lipinski definition) is 4. The van der Waals surface area contributed by atoms with Crippen molar-refractivity contribution in [2.24, 2.45) is 7.05 Å². The second kappa shape index (κ2) is 6.70. The van der Waals surface area contributed by atoms with Crippen LogP contribution in [-0.2, 0) is 21.8 Å². The van der Waals surface area contributed by atoms with Crippen molar-refractivity contribution in [2.45, 2.75) is 24.3 Å². The zero-order chi connectivity index (χ0) is 20.0. The highest BCUT2D eigenvalue weighted by Crippen LogP contribution is 2.23. The van der Waals surface area contributed by atoms with E-state index in [1.807, 2.05) is 0 Å². The van der Waals surface area contributed by atoms with Crippen LogP contribution in [0.25, 0.3) is 0 Å². The smallest absolute Gasteiger partial charge is 0.272 e. The first-order valence-electron chi connectivity index (χ1n) is 8.06. The number of halogens is 2. The van der Waals surface area contributed by atoms with Crippen molar-refractivity contribution in [3.8, 4) is 0 Å². The third-order valence-electron chi connectivity index (χ3n) is 4.31. The number of rotatable bonds is 5. The molecule has 10 heteroatoms. The lowest BCUT2D eigenvalue weighted by atomic mass is 10.0. The third-order valence-corrected chi connectivity index (χ3v) is 5.92. The standard InChI is InChI=1S/C17H19F2N3O4S/c1-10-12(18)4-5-13(15(10)19)20-16(23)14-6-11(7-22(14)3)27(24,25)21-17(2)8-26-9-17/h4-7,21H,8-9H2,1-3H3,(H,20,23). The first kappa shape index (κ1) is 19.5. The summed E-state index contributed by atoms with van der Waals surface area (Å²) in [5.74, 6) is -2.33. The fourth-order valence-corrected chi connectivity index (χ4v) is 4.15. The van der Waals surface area contributed by atoms with Crippen molar-refractivity contribution in [1.29, 1.82) is 0 Å². The quantitative estimate of drug-likeness (QED) is 0.804. The van der Waals surface area contributed by atoms with Crippen LogP contribution in [0.3, 0.4) is 0 Å². The zero-order valence-corrected chi connectivity index (χ0v) is 15.8. The average molecular weight is 399 g/mol. The van der Waals surface area contributed by atoms with Crippen LogP contribution in [-0.4, -0.2) is 37.6 Å². The molecule has 0 unspecified atom stereocenters. The summed E-state index contributed by atoms with van der Waals surface area (Å²) in [4.78, 5) is 12.4. The number of benzene rings is 1. The minimum Gasteiger partial charge on any atom is -0.377 e. The summed E-state index contributed by atoms with van der Waals surface area (Å²) in [7, 11) is -2.37. The van der Waals surface area contributed by atoms with Crippen molar-refractivity contribution in [3.05, 3.63) is 47.3 Å². The van der Waals surface area contributed by atoms with Crippen LogP contribution in [0, 0.1) is 18.6 Å². The Bertz CT molecular complexity index is 1010. The largest absolute Gasteiger partial charge is 0.377 e. The first-order valence-corrected chi connectivity index (χ1v) is 9.55. The van der Waals surface area contributed by atoms with Gasteiger partial charge in [0.05, 0.1) is 24.4 Å². The Labute approximate surface area is 155 Å². The molecule has 2 heterocycles. The minimum absolute atomic E-state index is 0.00626. The van der Waals surface area contributed by atoms with Gasteiger partial charge in [0.25, 0.3) is 5.91 Å². The summed E-state index contributed by atoms with van der Waals surface area (Å²) in [6.07, 6.45) is 1.28. The Balaban J connectivity index is 1.84. The molecule has 2 N–H and O–H groups in total. The number of sulfonamides is 1. The van der Waals surface area contributed by atoms with Crippen LogP contribution in [0.2, 0.25) is 0 Å². The number of aryl methyl sites for hydroxylation is 1. The van der Waals surface area contributed by atoms with E-state index in [-0.39, 0.29) is 35.1 Å². The summed E-state index contributed by atoms with van der Waals surface area (Å²) in [5.41, 5.74) is -1.09. The number of carbonyl (C=O) groups is 1. The number of carbonyl (C=O) groups excluding carboxylic acids is 1. The molecule has 1 aromatic carbocycles. The van der Waals surface area contributed by atoms with E-state index < -0.39 is 33.1 Å². The SMILES string of the molecule is Cc1c(F)ccc(NC(=O)c2cc(S(=O)(=O)NC3(C)COC3)cn2C)c1F. The number of amides is 1. The summed E-state index contributed by atoms with van der Waals surface area (Å²) in [6, 6.07) is 3.34. The third kappa shape index (κ3) is 3.73. The maximum atomic E-state index is 14.1. The van der Waals surface area contributed by atoms with Gasteiger partial charge in [-0.2, -0.15) is 0 Å². The minimum atomic E-state index is -3.86. The van der Waals surface area contributed by atoms with Crippen molar-refractivity contribution in [3.63, 3.8) is 0 Å². The van der Waals surface area contributed by atoms with Gasteiger partial charge in [0.2, 0.25) is 10.0 Å². The Morgan fingerprint density at radius 2 is 1.96 bits per heavy atom. The highest BCUT2D eigenvalue weighted by molar-refractivity contribution is 7.89. The molecular formula is C17H19F2N3O4S. The van der Waals surface area contributed by atoms with Gasteiger partial charge < -0.3 is 14.6 Å². The molecule has 1 fully saturated rings. The monoisotopic (exact) mass is 399 g/mol. The zero-order valence-electron chi connectivity index (χ0n) is 15.0. The van der Waals surface area contributed by atoms with E-state index in [2.05, 4.69) is 10.0 Å². The predicted octanol–water partition coefficient (Wildman–Crippen LogP) is 1.93. The van der Waals surface area contributed by atoms with E-state index in [4.69, 9.17) is 4.74 Å². The molecule has 146 valence electrons. The number of anilines is 1. The van der Waals surface area contributed by atoms with E-state index in [9.17, 15) is 22.0 Å². The molecule has 7 nitrogen and oxygen atoms in total. The fourth-order valence-electron chi connectivity index (χ4n) is 2.70. The molecule has 2 aromatic rings. The van der Waals surface area contributed by atoms with Crippen molar-refractivity contribution >= 4 is 21.6 Å². The topological polar surface area (TPSA) is 89.4 Å². The molecule has 1 amide bonds. The second-order valence-electron chi connectivity index (χ2n) is 6.82. The van der Waals surface area contributed by atoms with Crippen molar-refractivity contribution in [1.82, 2.24) is 9.29 Å². The van der Waals surface area contributed by atoms with Crippen molar-refractivity contribution in [2.75, 3.05) is 18.5 Å². The normalized spacial score (nSPS) is 16.0. The van der Waals surface area contributed by atoms with Gasteiger partial charge in [0, 0.05) is 18.8 Å². The van der Waals surface area contributed by atoms with Gasteiger partial charge in [-0.15, -0.1) is 0 Å². The maximum absolute atomic E-state index is 14.1. The molecule has 0 spiro atoms. The van der Waals surface area contributed by atoms with E-state index in [0.717, 1.165) is 12.1 Å². The molecule has 27 heavy (non-hydrogen) atoms. The second-order valence-corrected chi connectivity index (χ2v) is 8.50. The van der Waals surface area contributed by atoms with Gasteiger partial charge in [0.15, 0.2) is 5.82 Å². The lowest BCUT2D eigenvalue weighted by Crippen LogP contribution is -2.59. The predicted molar refractivity (Wildman–Crippen MR) is 94.0 cm³/mol. The molecular weight excluding hydrogens is 380 g/mol. The molecule has 1 saturated heterocycles. The first-order chi connectivity index (χ1) is 12.5. The Hall–Kier alpha value is -2.30. The Morgan fingerprint density at radius 1 is 1.30 bits per heavy atom. The molecule has 0 atom stereocenters. The molecule has 1 aliphatic rings. The van der Waals surface area contributed by atoms with Gasteiger partial charge in [-0.05, 0) is 32.0 Å². The molecule has 0 bridgehead atoms. The van der Waals surface area contributed by atoms with Gasteiger partial charge in [-0.1, -0.05) is 0 Å². The molecule has 0 aliphatic carbocycles. The highest BCUT2D eigenvalue weighted by atomic mass is 32.2. The number of aromatic nitrogens is 1. The summed E-state index contributed by atoms with van der Waals surface area (Å²) < 4.78 is 61.3. The van der Waals surface area contributed by atoms with Crippen LogP contribution in [0.15, 0.2) is 29.3 Å². The summed E-state index contributed by atoms with van der Waals surface area (Å²) in [6.45, 7) is 3.49. The molecule has 3 rings (SSSR count). The van der Waals surface area contributed by atoms with Crippen LogP contribution in [0.4, 0.5) is 14.5 Å². The lowest BCUT2D eigenvalue weighted by Gasteiger charge is -2.38. The van der Waals surface area contributed by atoms with Gasteiger partial charge >= 0.3 is 0 Å². The number of nitrogens with zero attached hydrogens (tertiary/aromatic N) is 1. The van der Waals surface area contributed by atoms with Crippen LogP contribution in [0.1, 0.15) is 23.0 Å². The average Bonchev–Trinajstić information content (AvgIpc) is 2.96. The van der Waals surface area contributed by atoms with E-state index in [1.54, 1.807) is 6.92 Å².